The van der Waals surface area contributed by atoms with Gasteiger partial charge in [-0.2, -0.15) is 0 Å². The molecule has 2 amide bonds. The first-order valence-electron chi connectivity index (χ1n) is 8.97. The summed E-state index contributed by atoms with van der Waals surface area (Å²) in [7, 11) is 0. The molecule has 0 saturated carbocycles. The number of piperidine rings is 1. The smallest absolute Gasteiger partial charge is 0.243 e. The molecule has 0 spiro atoms. The van der Waals surface area contributed by atoms with E-state index < -0.39 is 0 Å². The molecule has 2 heterocycles. The minimum atomic E-state index is -0.333. The third-order valence-corrected chi connectivity index (χ3v) is 5.20. The summed E-state index contributed by atoms with van der Waals surface area (Å²) in [6.07, 6.45) is 0.906. The average molecular weight is 368 g/mol. The highest BCUT2D eigenvalue weighted by Crippen LogP contribution is 2.32. The normalized spacial score (nSPS) is 19.7. The molecule has 1 saturated heterocycles. The summed E-state index contributed by atoms with van der Waals surface area (Å²) in [6, 6.07) is 10.3. The van der Waals surface area contributed by atoms with E-state index in [1.54, 1.807) is 12.1 Å². The van der Waals surface area contributed by atoms with Gasteiger partial charge >= 0.3 is 0 Å². The van der Waals surface area contributed by atoms with Crippen molar-refractivity contribution >= 4 is 23.2 Å². The van der Waals surface area contributed by atoms with Crippen molar-refractivity contribution < 1.29 is 14.0 Å². The van der Waals surface area contributed by atoms with Gasteiger partial charge in [-0.25, -0.2) is 4.39 Å². The van der Waals surface area contributed by atoms with E-state index in [2.05, 4.69) is 15.5 Å². The molecule has 0 aromatic heterocycles. The molecule has 6 nitrogen and oxygen atoms in total. The minimum Gasteiger partial charge on any atom is -0.399 e. The molecule has 1 atom stereocenters. The van der Waals surface area contributed by atoms with Gasteiger partial charge in [0.2, 0.25) is 11.8 Å². The SMILES string of the molecule is Nc1ccc(CNc2cccc3c2CN([C@@H]2CCC(=O)NC2=O)C3)c(F)c1. The van der Waals surface area contributed by atoms with Gasteiger partial charge in [-0.05, 0) is 35.7 Å². The predicted molar refractivity (Wildman–Crippen MR) is 100.0 cm³/mol. The lowest BCUT2D eigenvalue weighted by molar-refractivity contribution is -0.137. The van der Waals surface area contributed by atoms with Crippen LogP contribution in [0.3, 0.4) is 0 Å². The topological polar surface area (TPSA) is 87.5 Å². The van der Waals surface area contributed by atoms with E-state index in [1.165, 1.54) is 6.07 Å². The highest BCUT2D eigenvalue weighted by molar-refractivity contribution is 6.00. The van der Waals surface area contributed by atoms with Gasteiger partial charge in [0.1, 0.15) is 5.82 Å². The summed E-state index contributed by atoms with van der Waals surface area (Å²) in [5, 5.41) is 5.72. The van der Waals surface area contributed by atoms with E-state index in [1.807, 2.05) is 18.2 Å². The Morgan fingerprint density at radius 2 is 2.07 bits per heavy atom. The van der Waals surface area contributed by atoms with Crippen molar-refractivity contribution in [3.05, 3.63) is 58.9 Å². The van der Waals surface area contributed by atoms with Crippen molar-refractivity contribution in [1.82, 2.24) is 10.2 Å². The van der Waals surface area contributed by atoms with Crippen molar-refractivity contribution in [2.45, 2.75) is 38.5 Å². The standard InChI is InChI=1S/C20H21FN4O2/c21-16-8-14(22)5-4-12(16)9-23-17-3-1-2-13-10-25(11-15(13)17)18-6-7-19(26)24-20(18)27/h1-5,8,18,23H,6-7,9-11,22H2,(H,24,26,27)/t18-/m1/s1. The van der Waals surface area contributed by atoms with Gasteiger partial charge in [0.05, 0.1) is 6.04 Å². The summed E-state index contributed by atoms with van der Waals surface area (Å²) in [4.78, 5) is 25.6. The van der Waals surface area contributed by atoms with E-state index in [9.17, 15) is 14.0 Å². The van der Waals surface area contributed by atoms with Crippen molar-refractivity contribution in [2.75, 3.05) is 11.1 Å². The number of nitrogens with zero attached hydrogens (tertiary/aromatic N) is 1. The fraction of sp³-hybridized carbons (Fsp3) is 0.300. The molecule has 0 radical (unpaired) electrons. The number of hydrogen-bond donors (Lipinski definition) is 3. The number of nitrogen functional groups attached to an aromatic ring is 1. The molecule has 2 aromatic rings. The second-order valence-corrected chi connectivity index (χ2v) is 7.02. The van der Waals surface area contributed by atoms with Gasteiger partial charge in [0.15, 0.2) is 0 Å². The van der Waals surface area contributed by atoms with Gasteiger partial charge in [-0.1, -0.05) is 18.2 Å². The van der Waals surface area contributed by atoms with Crippen LogP contribution in [0.25, 0.3) is 0 Å². The van der Waals surface area contributed by atoms with Gasteiger partial charge in [-0.3, -0.25) is 19.8 Å². The summed E-state index contributed by atoms with van der Waals surface area (Å²) in [5.74, 6) is -0.765. The monoisotopic (exact) mass is 368 g/mol. The minimum absolute atomic E-state index is 0.208. The van der Waals surface area contributed by atoms with Crippen LogP contribution in [0.2, 0.25) is 0 Å². The Morgan fingerprint density at radius 3 is 2.85 bits per heavy atom. The summed E-state index contributed by atoms with van der Waals surface area (Å²) >= 11 is 0. The van der Waals surface area contributed by atoms with Crippen molar-refractivity contribution in [3.8, 4) is 0 Å². The Labute approximate surface area is 156 Å². The third-order valence-electron chi connectivity index (χ3n) is 5.20. The Kier molecular flexibility index (Phi) is 4.53. The Hall–Kier alpha value is -2.93. The summed E-state index contributed by atoms with van der Waals surface area (Å²) in [5.41, 5.74) is 9.72. The molecule has 4 rings (SSSR count). The molecular weight excluding hydrogens is 347 g/mol. The number of carbonyl (C=O) groups excluding carboxylic acids is 2. The van der Waals surface area contributed by atoms with Gasteiger partial charge in [0, 0.05) is 43.0 Å². The number of nitrogens with two attached hydrogens (primary N) is 1. The van der Waals surface area contributed by atoms with E-state index >= 15 is 0 Å². The number of fused-ring (bicyclic) bond motifs is 1. The third kappa shape index (κ3) is 3.50. The zero-order valence-corrected chi connectivity index (χ0v) is 14.8. The molecule has 140 valence electrons. The number of carbonyl (C=O) groups is 2. The maximum Gasteiger partial charge on any atom is 0.243 e. The molecule has 27 heavy (non-hydrogen) atoms. The van der Waals surface area contributed by atoms with Crippen molar-refractivity contribution in [3.63, 3.8) is 0 Å². The van der Waals surface area contributed by atoms with Crippen LogP contribution in [0, 0.1) is 5.82 Å². The number of benzene rings is 2. The van der Waals surface area contributed by atoms with E-state index in [0.717, 1.165) is 16.8 Å². The lowest BCUT2D eigenvalue weighted by atomic mass is 10.0. The highest BCUT2D eigenvalue weighted by Gasteiger charge is 2.35. The molecule has 0 aliphatic carbocycles. The van der Waals surface area contributed by atoms with E-state index in [0.29, 0.717) is 43.7 Å². The zero-order valence-electron chi connectivity index (χ0n) is 14.8. The first kappa shape index (κ1) is 17.5. The quantitative estimate of drug-likeness (QED) is 0.569. The summed E-state index contributed by atoms with van der Waals surface area (Å²) in [6.45, 7) is 1.63. The molecular formula is C20H21FN4O2. The van der Waals surface area contributed by atoms with Crippen LogP contribution in [0.1, 0.15) is 29.5 Å². The molecule has 0 unspecified atom stereocenters. The molecule has 1 fully saturated rings. The van der Waals surface area contributed by atoms with Gasteiger partial charge in [-0.15, -0.1) is 0 Å². The molecule has 4 N–H and O–H groups in total. The first-order valence-corrected chi connectivity index (χ1v) is 8.97. The van der Waals surface area contributed by atoms with Crippen molar-refractivity contribution in [2.24, 2.45) is 0 Å². The number of amides is 2. The number of hydrogen-bond acceptors (Lipinski definition) is 5. The molecule has 2 aromatic carbocycles. The average Bonchev–Trinajstić information content (AvgIpc) is 3.05. The lowest BCUT2D eigenvalue weighted by Gasteiger charge is -2.29. The van der Waals surface area contributed by atoms with Crippen LogP contribution < -0.4 is 16.4 Å². The van der Waals surface area contributed by atoms with Crippen molar-refractivity contribution in [1.29, 1.82) is 0 Å². The zero-order chi connectivity index (χ0) is 19.0. The number of anilines is 2. The number of halogens is 1. The fourth-order valence-electron chi connectivity index (χ4n) is 3.76. The van der Waals surface area contributed by atoms with Crippen LogP contribution in [0.4, 0.5) is 15.8 Å². The number of rotatable bonds is 4. The predicted octanol–water partition coefficient (Wildman–Crippen LogP) is 2.14. The van der Waals surface area contributed by atoms with Crippen LogP contribution in [-0.4, -0.2) is 22.8 Å². The molecule has 0 bridgehead atoms. The second kappa shape index (κ2) is 7.00. The van der Waals surface area contributed by atoms with Crippen LogP contribution in [-0.2, 0) is 29.2 Å². The first-order chi connectivity index (χ1) is 13.0. The van der Waals surface area contributed by atoms with Crippen LogP contribution in [0.15, 0.2) is 36.4 Å². The van der Waals surface area contributed by atoms with Gasteiger partial charge < -0.3 is 11.1 Å². The molecule has 2 aliphatic rings. The van der Waals surface area contributed by atoms with Crippen LogP contribution in [0.5, 0.6) is 0 Å². The second-order valence-electron chi connectivity index (χ2n) is 7.02. The largest absolute Gasteiger partial charge is 0.399 e. The fourth-order valence-corrected chi connectivity index (χ4v) is 3.76. The number of imide groups is 1. The van der Waals surface area contributed by atoms with Crippen LogP contribution >= 0.6 is 0 Å². The molecule has 2 aliphatic heterocycles. The maximum absolute atomic E-state index is 14.0. The Balaban J connectivity index is 1.48. The lowest BCUT2D eigenvalue weighted by Crippen LogP contribution is -2.50. The summed E-state index contributed by atoms with van der Waals surface area (Å²) < 4.78 is 14.0. The Bertz CT molecular complexity index is 915. The van der Waals surface area contributed by atoms with Gasteiger partial charge in [0.25, 0.3) is 0 Å². The van der Waals surface area contributed by atoms with E-state index in [-0.39, 0.29) is 23.7 Å². The maximum atomic E-state index is 14.0. The van der Waals surface area contributed by atoms with E-state index in [4.69, 9.17) is 5.73 Å². The molecule has 7 heteroatoms. The Morgan fingerprint density at radius 1 is 1.22 bits per heavy atom. The highest BCUT2D eigenvalue weighted by atomic mass is 19.1. The number of nitrogens with one attached hydrogen (secondary N) is 2.